The van der Waals surface area contributed by atoms with Crippen LogP contribution < -0.4 is 5.32 Å². The second kappa shape index (κ2) is 7.88. The van der Waals surface area contributed by atoms with Crippen LogP contribution in [0, 0.1) is 12.3 Å². The van der Waals surface area contributed by atoms with E-state index in [1.54, 1.807) is 0 Å². The van der Waals surface area contributed by atoms with Crippen LogP contribution in [-0.2, 0) is 14.6 Å². The first-order valence-corrected chi connectivity index (χ1v) is 8.58. The van der Waals surface area contributed by atoms with Crippen molar-refractivity contribution in [3.8, 4) is 12.3 Å². The highest BCUT2D eigenvalue weighted by molar-refractivity contribution is 7.91. The second-order valence-electron chi connectivity index (χ2n) is 4.97. The highest BCUT2D eigenvalue weighted by Gasteiger charge is 2.35. The smallest absolute Gasteiger partial charge is 0.323 e. The van der Waals surface area contributed by atoms with E-state index in [1.807, 2.05) is 0 Å². The maximum atomic E-state index is 12.0. The first kappa shape index (κ1) is 17.3. The number of carbonyl (C=O) groups excluding carboxylic acids is 1. The Hall–Kier alpha value is -1.75. The number of hydrogen-bond acceptors (Lipinski definition) is 4. The van der Waals surface area contributed by atoms with Crippen LogP contribution in [0.25, 0.3) is 0 Å². The van der Waals surface area contributed by atoms with Gasteiger partial charge < -0.3 is 15.3 Å². The van der Waals surface area contributed by atoms with Gasteiger partial charge in [-0.15, -0.1) is 12.3 Å². The van der Waals surface area contributed by atoms with E-state index in [0.29, 0.717) is 19.4 Å². The number of sulfone groups is 1. The van der Waals surface area contributed by atoms with Gasteiger partial charge in [-0.25, -0.2) is 13.2 Å². The Morgan fingerprint density at radius 2 is 2.10 bits per heavy atom. The van der Waals surface area contributed by atoms with Gasteiger partial charge in [0.1, 0.15) is 6.54 Å². The fourth-order valence-corrected chi connectivity index (χ4v) is 3.91. The Kier molecular flexibility index (Phi) is 6.49. The molecule has 0 radical (unpaired) electrons. The van der Waals surface area contributed by atoms with Crippen molar-refractivity contribution in [3.63, 3.8) is 0 Å². The van der Waals surface area contributed by atoms with Crippen LogP contribution in [0.4, 0.5) is 4.79 Å². The number of carboxylic acids is 1. The second-order valence-corrected chi connectivity index (χ2v) is 7.20. The van der Waals surface area contributed by atoms with Crippen LogP contribution in [0.1, 0.15) is 25.7 Å². The fourth-order valence-electron chi connectivity index (χ4n) is 2.18. The van der Waals surface area contributed by atoms with Crippen molar-refractivity contribution in [1.82, 2.24) is 10.2 Å². The number of amides is 2. The minimum absolute atomic E-state index is 0.0107. The van der Waals surface area contributed by atoms with Gasteiger partial charge in [0.25, 0.3) is 0 Å². The van der Waals surface area contributed by atoms with Crippen molar-refractivity contribution in [2.24, 2.45) is 0 Å². The van der Waals surface area contributed by atoms with E-state index in [2.05, 4.69) is 11.2 Å². The molecule has 1 aliphatic heterocycles. The van der Waals surface area contributed by atoms with E-state index in [9.17, 15) is 18.0 Å². The van der Waals surface area contributed by atoms with Gasteiger partial charge in [0, 0.05) is 19.0 Å². The van der Waals surface area contributed by atoms with Crippen molar-refractivity contribution in [2.45, 2.75) is 31.7 Å². The lowest BCUT2D eigenvalue weighted by Gasteiger charge is -2.26. The lowest BCUT2D eigenvalue weighted by atomic mass is 10.2. The highest BCUT2D eigenvalue weighted by Crippen LogP contribution is 2.17. The summed E-state index contributed by atoms with van der Waals surface area (Å²) in [7, 11) is -3.18. The van der Waals surface area contributed by atoms with Gasteiger partial charge in [0.05, 0.1) is 11.5 Å². The minimum atomic E-state index is -3.18. The molecular weight excluding hydrogens is 296 g/mol. The molecule has 1 heterocycles. The van der Waals surface area contributed by atoms with E-state index in [-0.39, 0.29) is 17.9 Å². The Bertz CT molecular complexity index is 523. The first-order valence-electron chi connectivity index (χ1n) is 6.76. The number of carboxylic acid groups (broad SMARTS) is 1. The molecule has 0 saturated carbocycles. The van der Waals surface area contributed by atoms with Crippen LogP contribution in [0.2, 0.25) is 0 Å². The molecule has 0 bridgehead atoms. The van der Waals surface area contributed by atoms with Crippen LogP contribution >= 0.6 is 0 Å². The van der Waals surface area contributed by atoms with Gasteiger partial charge in [0.2, 0.25) is 0 Å². The average molecular weight is 316 g/mol. The normalized spacial score (nSPS) is 19.7. The molecule has 0 spiro atoms. The zero-order chi connectivity index (χ0) is 15.9. The van der Waals surface area contributed by atoms with E-state index >= 15 is 0 Å². The van der Waals surface area contributed by atoms with Crippen molar-refractivity contribution in [1.29, 1.82) is 0 Å². The first-order chi connectivity index (χ1) is 9.85. The van der Waals surface area contributed by atoms with Gasteiger partial charge >= 0.3 is 12.0 Å². The number of nitrogens with one attached hydrogen (secondary N) is 1. The number of hydrogen-bond donors (Lipinski definition) is 2. The average Bonchev–Trinajstić information content (AvgIpc) is 2.75. The lowest BCUT2D eigenvalue weighted by molar-refractivity contribution is -0.138. The van der Waals surface area contributed by atoms with Crippen LogP contribution in [0.5, 0.6) is 0 Å². The van der Waals surface area contributed by atoms with Crippen molar-refractivity contribution in [2.75, 3.05) is 24.6 Å². The fraction of sp³-hybridized carbons (Fsp3) is 0.692. The molecule has 2 amide bonds. The molecule has 1 saturated heterocycles. The topological polar surface area (TPSA) is 104 Å². The molecule has 21 heavy (non-hydrogen) atoms. The SMILES string of the molecule is C#CCCCCNC(=O)N(CC(=O)O)C1CCS(=O)(=O)C1. The summed E-state index contributed by atoms with van der Waals surface area (Å²) < 4.78 is 22.9. The Balaban J connectivity index is 2.55. The van der Waals surface area contributed by atoms with Crippen molar-refractivity contribution >= 4 is 21.8 Å². The highest BCUT2D eigenvalue weighted by atomic mass is 32.2. The molecule has 1 unspecified atom stereocenters. The lowest BCUT2D eigenvalue weighted by Crippen LogP contribution is -2.49. The van der Waals surface area contributed by atoms with Crippen LogP contribution in [-0.4, -0.2) is 61.1 Å². The zero-order valence-corrected chi connectivity index (χ0v) is 12.6. The van der Waals surface area contributed by atoms with Crippen LogP contribution in [0.3, 0.4) is 0 Å². The number of urea groups is 1. The summed E-state index contributed by atoms with van der Waals surface area (Å²) in [6.45, 7) is -0.119. The molecule has 7 nitrogen and oxygen atoms in total. The number of rotatable bonds is 7. The quantitative estimate of drug-likeness (QED) is 0.511. The molecule has 1 fully saturated rings. The van der Waals surface area contributed by atoms with Crippen molar-refractivity contribution < 1.29 is 23.1 Å². The van der Waals surface area contributed by atoms with E-state index in [1.165, 1.54) is 0 Å². The predicted octanol–water partition coefficient (Wildman–Crippen LogP) is 0.0732. The summed E-state index contributed by atoms with van der Waals surface area (Å²) in [5.41, 5.74) is 0. The molecule has 0 aromatic heterocycles. The number of unbranched alkanes of at least 4 members (excludes halogenated alkanes) is 2. The van der Waals surface area contributed by atoms with Crippen molar-refractivity contribution in [3.05, 3.63) is 0 Å². The van der Waals surface area contributed by atoms with Gasteiger partial charge in [-0.2, -0.15) is 0 Å². The van der Waals surface area contributed by atoms with Gasteiger partial charge in [-0.3, -0.25) is 4.79 Å². The third kappa shape index (κ3) is 6.04. The van der Waals surface area contributed by atoms with E-state index in [0.717, 1.165) is 11.3 Å². The standard InChI is InChI=1S/C13H20N2O5S/c1-2-3-4-5-7-14-13(18)15(9-12(16)17)11-6-8-21(19,20)10-11/h1,11H,3-10H2,(H,14,18)(H,16,17). The summed E-state index contributed by atoms with van der Waals surface area (Å²) in [4.78, 5) is 24.0. The van der Waals surface area contributed by atoms with E-state index in [4.69, 9.17) is 11.5 Å². The third-order valence-corrected chi connectivity index (χ3v) is 4.99. The molecule has 1 rings (SSSR count). The number of terminal acetylenes is 1. The molecule has 0 aromatic carbocycles. The minimum Gasteiger partial charge on any atom is -0.480 e. The molecule has 1 atom stereocenters. The molecule has 118 valence electrons. The monoisotopic (exact) mass is 316 g/mol. The zero-order valence-electron chi connectivity index (χ0n) is 11.7. The molecule has 0 aliphatic carbocycles. The Labute approximate surface area is 124 Å². The third-order valence-electron chi connectivity index (χ3n) is 3.24. The molecular formula is C13H20N2O5S. The summed E-state index contributed by atoms with van der Waals surface area (Å²) in [6, 6.07) is -1.11. The largest absolute Gasteiger partial charge is 0.480 e. The molecule has 8 heteroatoms. The molecule has 1 aliphatic rings. The molecule has 0 aromatic rings. The maximum absolute atomic E-state index is 12.0. The van der Waals surface area contributed by atoms with Gasteiger partial charge in [0.15, 0.2) is 9.84 Å². The number of carbonyl (C=O) groups is 2. The Morgan fingerprint density at radius 1 is 1.38 bits per heavy atom. The summed E-state index contributed by atoms with van der Waals surface area (Å²) in [5, 5.41) is 11.5. The van der Waals surface area contributed by atoms with E-state index < -0.39 is 34.4 Å². The summed E-state index contributed by atoms with van der Waals surface area (Å²) in [5.74, 6) is 1.14. The molecule has 2 N–H and O–H groups in total. The number of aliphatic carboxylic acids is 1. The van der Waals surface area contributed by atoms with Crippen LogP contribution in [0.15, 0.2) is 0 Å². The predicted molar refractivity (Wildman–Crippen MR) is 77.5 cm³/mol. The summed E-state index contributed by atoms with van der Waals surface area (Å²) in [6.07, 6.45) is 7.48. The Morgan fingerprint density at radius 3 is 2.62 bits per heavy atom. The van der Waals surface area contributed by atoms with Gasteiger partial charge in [-0.05, 0) is 19.3 Å². The number of nitrogens with zero attached hydrogens (tertiary/aromatic N) is 1. The maximum Gasteiger partial charge on any atom is 0.323 e. The van der Waals surface area contributed by atoms with Gasteiger partial charge in [-0.1, -0.05) is 0 Å². The summed E-state index contributed by atoms with van der Waals surface area (Å²) >= 11 is 0.